The van der Waals surface area contributed by atoms with E-state index in [1.807, 2.05) is 42.7 Å². The highest BCUT2D eigenvalue weighted by Crippen LogP contribution is 2.37. The summed E-state index contributed by atoms with van der Waals surface area (Å²) in [6.45, 7) is 2.26. The van der Waals surface area contributed by atoms with E-state index < -0.39 is 6.10 Å². The first-order chi connectivity index (χ1) is 18.4. The zero-order valence-electron chi connectivity index (χ0n) is 21.9. The van der Waals surface area contributed by atoms with Crippen LogP contribution in [-0.4, -0.2) is 52.1 Å². The van der Waals surface area contributed by atoms with Crippen LogP contribution in [0, 0.1) is 0 Å². The van der Waals surface area contributed by atoms with Crippen LogP contribution in [0.4, 0.5) is 0 Å². The van der Waals surface area contributed by atoms with Gasteiger partial charge in [0.25, 0.3) is 0 Å². The summed E-state index contributed by atoms with van der Waals surface area (Å²) in [6.07, 6.45) is 7.76. The van der Waals surface area contributed by atoms with Crippen LogP contribution in [0.5, 0.6) is 0 Å². The maximum atomic E-state index is 11.1. The lowest BCUT2D eigenvalue weighted by molar-refractivity contribution is 0.215. The minimum atomic E-state index is -0.714. The summed E-state index contributed by atoms with van der Waals surface area (Å²) < 4.78 is 0. The number of rotatable bonds is 4. The summed E-state index contributed by atoms with van der Waals surface area (Å²) in [6, 6.07) is 20.9. The van der Waals surface area contributed by atoms with E-state index in [0.29, 0.717) is 16.3 Å². The summed E-state index contributed by atoms with van der Waals surface area (Å²) >= 11 is 11.9. The molecule has 3 atom stereocenters. The molecule has 5 nitrogen and oxygen atoms in total. The number of aromatic nitrogens is 2. The molecule has 4 heterocycles. The second-order valence-corrected chi connectivity index (χ2v) is 11.1. The molecule has 198 valence electrons. The predicted molar refractivity (Wildman–Crippen MR) is 156 cm³/mol. The zero-order chi connectivity index (χ0) is 26.6. The summed E-state index contributed by atoms with van der Waals surface area (Å²) in [4.78, 5) is 13.1. The average molecular weight is 550 g/mol. The van der Waals surface area contributed by atoms with Crippen molar-refractivity contribution >= 4 is 34.0 Å². The second kappa shape index (κ2) is 12.1. The Morgan fingerprint density at radius 3 is 2.13 bits per heavy atom. The molecule has 2 saturated heterocycles. The fourth-order valence-electron chi connectivity index (χ4n) is 5.75. The number of benzene rings is 2. The Kier molecular flexibility index (Phi) is 8.61. The number of halogens is 2. The number of hydrogen-bond donors (Lipinski definition) is 1. The van der Waals surface area contributed by atoms with E-state index in [9.17, 15) is 5.11 Å². The van der Waals surface area contributed by atoms with Crippen LogP contribution in [0.25, 0.3) is 10.8 Å². The molecule has 2 fully saturated rings. The van der Waals surface area contributed by atoms with Gasteiger partial charge in [0.05, 0.1) is 0 Å². The van der Waals surface area contributed by atoms with Crippen molar-refractivity contribution in [1.82, 2.24) is 19.8 Å². The van der Waals surface area contributed by atoms with Crippen molar-refractivity contribution in [3.8, 4) is 0 Å². The number of nitrogens with zero attached hydrogens (tertiary/aromatic N) is 4. The number of pyridine rings is 2. The molecule has 0 aliphatic carbocycles. The van der Waals surface area contributed by atoms with Gasteiger partial charge in [-0.25, -0.2) is 9.97 Å². The first-order valence-electron chi connectivity index (χ1n) is 13.2. The van der Waals surface area contributed by atoms with Gasteiger partial charge in [-0.05, 0) is 104 Å². The number of likely N-dealkylation sites (tertiary alicyclic amines) is 2. The third-order valence-corrected chi connectivity index (χ3v) is 8.28. The molecule has 0 spiro atoms. The second-order valence-electron chi connectivity index (χ2n) is 10.3. The molecule has 1 N–H and O–H groups in total. The third kappa shape index (κ3) is 6.03. The van der Waals surface area contributed by atoms with Crippen LogP contribution < -0.4 is 0 Å². The van der Waals surface area contributed by atoms with Crippen LogP contribution in [0.2, 0.25) is 10.3 Å². The van der Waals surface area contributed by atoms with Crippen molar-refractivity contribution in [2.24, 2.45) is 0 Å². The molecule has 6 rings (SSSR count). The minimum absolute atomic E-state index is 0.287. The highest BCUT2D eigenvalue weighted by molar-refractivity contribution is 6.29. The Balaban J connectivity index is 0.000000190. The number of fused-ring (bicyclic) bond motifs is 1. The fraction of sp³-hybridized carbons (Fsp3) is 0.355. The largest absolute Gasteiger partial charge is 0.384 e. The van der Waals surface area contributed by atoms with Crippen molar-refractivity contribution in [3.05, 3.63) is 106 Å². The molecule has 2 aromatic heterocycles. The monoisotopic (exact) mass is 548 g/mol. The van der Waals surface area contributed by atoms with Crippen LogP contribution in [0.1, 0.15) is 66.1 Å². The Morgan fingerprint density at radius 1 is 0.789 bits per heavy atom. The number of aliphatic hydroxyl groups is 1. The van der Waals surface area contributed by atoms with Crippen molar-refractivity contribution in [1.29, 1.82) is 0 Å². The van der Waals surface area contributed by atoms with Gasteiger partial charge in [0.1, 0.15) is 16.4 Å². The van der Waals surface area contributed by atoms with Gasteiger partial charge in [0.15, 0.2) is 0 Å². The van der Waals surface area contributed by atoms with Gasteiger partial charge < -0.3 is 5.11 Å². The normalized spacial score (nSPS) is 20.9. The molecule has 0 bridgehead atoms. The highest BCUT2D eigenvalue weighted by Gasteiger charge is 2.28. The average Bonchev–Trinajstić information content (AvgIpc) is 3.56. The molecule has 7 heteroatoms. The van der Waals surface area contributed by atoms with Crippen LogP contribution >= 0.6 is 23.2 Å². The maximum absolute atomic E-state index is 11.1. The molecule has 2 aliphatic rings. The standard InChI is InChI=1S/C21H21ClN2O.C10H13ClN2/c1-24-10-4-7-19(24)18-13-23-20(22)12-17(18)21(25)16-9-8-14-5-2-3-6-15(14)11-16;1-13-6-2-3-9(13)8-4-5-10(11)12-7-8/h2-3,5-6,8-9,11-13,19,21,25H,4,7,10H2,1H3;4-5,7,9H,2-3,6H2,1H3/t19-,21+;9-/m00/s1. The van der Waals surface area contributed by atoms with Crippen LogP contribution in [-0.2, 0) is 0 Å². The lowest BCUT2D eigenvalue weighted by Crippen LogP contribution is -2.20. The Morgan fingerprint density at radius 2 is 1.47 bits per heavy atom. The quantitative estimate of drug-likeness (QED) is 0.272. The Bertz CT molecular complexity index is 1380. The molecule has 0 saturated carbocycles. The smallest absolute Gasteiger partial charge is 0.129 e. The summed E-state index contributed by atoms with van der Waals surface area (Å²) in [7, 11) is 4.28. The first-order valence-corrected chi connectivity index (χ1v) is 14.0. The summed E-state index contributed by atoms with van der Waals surface area (Å²) in [5.74, 6) is 0. The van der Waals surface area contributed by atoms with Gasteiger partial charge >= 0.3 is 0 Å². The van der Waals surface area contributed by atoms with E-state index in [-0.39, 0.29) is 6.04 Å². The van der Waals surface area contributed by atoms with Gasteiger partial charge in [-0.15, -0.1) is 0 Å². The summed E-state index contributed by atoms with van der Waals surface area (Å²) in [5.41, 5.74) is 4.09. The molecule has 0 amide bonds. The molecule has 2 aromatic carbocycles. The van der Waals surface area contributed by atoms with Crippen molar-refractivity contribution in [2.75, 3.05) is 27.2 Å². The number of hydrogen-bond acceptors (Lipinski definition) is 5. The summed E-state index contributed by atoms with van der Waals surface area (Å²) in [5, 5.41) is 14.4. The molecule has 0 radical (unpaired) electrons. The van der Waals surface area contributed by atoms with Crippen molar-refractivity contribution in [3.63, 3.8) is 0 Å². The van der Waals surface area contributed by atoms with Crippen molar-refractivity contribution < 1.29 is 5.11 Å². The van der Waals surface area contributed by atoms with E-state index in [4.69, 9.17) is 23.2 Å². The van der Waals surface area contributed by atoms with Gasteiger partial charge in [0, 0.05) is 24.5 Å². The Hall–Kier alpha value is -2.54. The van der Waals surface area contributed by atoms with Crippen molar-refractivity contribution in [2.45, 2.75) is 43.9 Å². The minimum Gasteiger partial charge on any atom is -0.384 e. The molecule has 4 aromatic rings. The van der Waals surface area contributed by atoms with Crippen LogP contribution in [0.3, 0.4) is 0 Å². The SMILES string of the molecule is CN1CCC[C@H]1c1ccc(Cl)nc1.CN1CCC[C@H]1c1cnc(Cl)cc1[C@H](O)c1ccc2ccccc2c1. The lowest BCUT2D eigenvalue weighted by atomic mass is 9.92. The van der Waals surface area contributed by atoms with E-state index >= 15 is 0 Å². The van der Waals surface area contributed by atoms with E-state index in [0.717, 1.165) is 41.5 Å². The topological polar surface area (TPSA) is 52.5 Å². The molecule has 0 unspecified atom stereocenters. The third-order valence-electron chi connectivity index (χ3n) is 7.85. The molecule has 38 heavy (non-hydrogen) atoms. The van der Waals surface area contributed by atoms with E-state index in [1.54, 1.807) is 0 Å². The van der Waals surface area contributed by atoms with Crippen LogP contribution in [0.15, 0.2) is 73.1 Å². The molecule has 2 aliphatic heterocycles. The van der Waals surface area contributed by atoms with E-state index in [1.165, 1.54) is 30.3 Å². The van der Waals surface area contributed by atoms with Gasteiger partial charge in [-0.1, -0.05) is 65.7 Å². The van der Waals surface area contributed by atoms with Gasteiger partial charge in [0.2, 0.25) is 0 Å². The lowest BCUT2D eigenvalue weighted by Gasteiger charge is -2.24. The predicted octanol–water partition coefficient (Wildman–Crippen LogP) is 7.24. The Labute approximate surface area is 235 Å². The number of aliphatic hydroxyl groups excluding tert-OH is 1. The zero-order valence-corrected chi connectivity index (χ0v) is 23.4. The first kappa shape index (κ1) is 27.0. The van der Waals surface area contributed by atoms with E-state index in [2.05, 4.69) is 64.2 Å². The fourth-order valence-corrected chi connectivity index (χ4v) is 6.02. The maximum Gasteiger partial charge on any atom is 0.129 e. The van der Waals surface area contributed by atoms with Gasteiger partial charge in [-0.3, -0.25) is 9.80 Å². The van der Waals surface area contributed by atoms with Gasteiger partial charge in [-0.2, -0.15) is 0 Å². The molecular weight excluding hydrogens is 515 g/mol. The molecular formula is C31H34Cl2N4O. The highest BCUT2D eigenvalue weighted by atomic mass is 35.5.